The molecule has 0 bridgehead atoms. The molecule has 146 valence electrons. The highest BCUT2D eigenvalue weighted by molar-refractivity contribution is 5.81. The first-order valence-corrected chi connectivity index (χ1v) is 9.66. The second-order valence-electron chi connectivity index (χ2n) is 8.22. The van der Waals surface area contributed by atoms with E-state index in [0.717, 1.165) is 24.2 Å². The molecule has 0 atom stereocenters. The van der Waals surface area contributed by atoms with Gasteiger partial charge in [0.1, 0.15) is 12.3 Å². The Kier molecular flexibility index (Phi) is 5.82. The number of nitrogens with zero attached hydrogens (tertiary/aromatic N) is 3. The van der Waals surface area contributed by atoms with Crippen molar-refractivity contribution in [2.45, 2.75) is 65.5 Å². The number of aromatic nitrogens is 2. The van der Waals surface area contributed by atoms with E-state index in [4.69, 9.17) is 9.26 Å². The van der Waals surface area contributed by atoms with Crippen LogP contribution in [0.4, 0.5) is 0 Å². The number of ether oxygens (including phenoxy) is 1. The molecule has 0 unspecified atom stereocenters. The monoisotopic (exact) mass is 371 g/mol. The standard InChI is InChI=1S/C21H29N3O3/c1-21(2,3)20(25)24(16-8-6-5-7-9-16)14-18-22-19(23-27-18)15-10-12-17(26-4)13-11-15/h10-13,16H,5-9,14H2,1-4H3. The van der Waals surface area contributed by atoms with Crippen LogP contribution >= 0.6 is 0 Å². The molecule has 0 N–H and O–H groups in total. The summed E-state index contributed by atoms with van der Waals surface area (Å²) >= 11 is 0. The van der Waals surface area contributed by atoms with Crippen LogP contribution in [0.25, 0.3) is 11.4 Å². The van der Waals surface area contributed by atoms with Gasteiger partial charge in [0.15, 0.2) is 0 Å². The van der Waals surface area contributed by atoms with Gasteiger partial charge in [0, 0.05) is 17.0 Å². The fourth-order valence-corrected chi connectivity index (χ4v) is 3.51. The number of hydrogen-bond donors (Lipinski definition) is 0. The van der Waals surface area contributed by atoms with Crippen LogP contribution in [0.2, 0.25) is 0 Å². The molecule has 2 aromatic rings. The van der Waals surface area contributed by atoms with Gasteiger partial charge >= 0.3 is 0 Å². The Morgan fingerprint density at radius 3 is 2.44 bits per heavy atom. The Hall–Kier alpha value is -2.37. The van der Waals surface area contributed by atoms with Crippen molar-refractivity contribution in [3.63, 3.8) is 0 Å². The van der Waals surface area contributed by atoms with Crippen LogP contribution in [0.3, 0.4) is 0 Å². The van der Waals surface area contributed by atoms with Gasteiger partial charge < -0.3 is 14.2 Å². The van der Waals surface area contributed by atoms with Crippen LogP contribution in [0.5, 0.6) is 5.75 Å². The maximum absolute atomic E-state index is 13.0. The molecule has 27 heavy (non-hydrogen) atoms. The van der Waals surface area contributed by atoms with Crippen molar-refractivity contribution in [3.8, 4) is 17.1 Å². The summed E-state index contributed by atoms with van der Waals surface area (Å²) in [6, 6.07) is 7.77. The van der Waals surface area contributed by atoms with Gasteiger partial charge in [-0.2, -0.15) is 4.98 Å². The summed E-state index contributed by atoms with van der Waals surface area (Å²) in [6.45, 7) is 6.25. The zero-order valence-electron chi connectivity index (χ0n) is 16.7. The number of amides is 1. The third-order valence-corrected chi connectivity index (χ3v) is 5.04. The molecule has 0 saturated heterocycles. The van der Waals surface area contributed by atoms with Crippen LogP contribution < -0.4 is 4.74 Å². The van der Waals surface area contributed by atoms with Crippen LogP contribution in [0.15, 0.2) is 28.8 Å². The van der Waals surface area contributed by atoms with E-state index in [9.17, 15) is 4.79 Å². The number of benzene rings is 1. The first kappa shape index (κ1) is 19.4. The minimum absolute atomic E-state index is 0.138. The summed E-state index contributed by atoms with van der Waals surface area (Å²) in [4.78, 5) is 19.5. The van der Waals surface area contributed by atoms with Crippen LogP contribution in [0, 0.1) is 5.41 Å². The van der Waals surface area contributed by atoms with E-state index in [2.05, 4.69) is 10.1 Å². The first-order valence-electron chi connectivity index (χ1n) is 9.66. The molecule has 1 aliphatic carbocycles. The average Bonchev–Trinajstić information content (AvgIpc) is 3.14. The first-order chi connectivity index (χ1) is 12.9. The van der Waals surface area contributed by atoms with E-state index in [1.54, 1.807) is 7.11 Å². The topological polar surface area (TPSA) is 68.5 Å². The predicted molar refractivity (Wildman–Crippen MR) is 103 cm³/mol. The summed E-state index contributed by atoms with van der Waals surface area (Å²) in [5.41, 5.74) is 0.424. The molecule has 1 amide bonds. The van der Waals surface area contributed by atoms with Crippen molar-refractivity contribution in [2.24, 2.45) is 5.41 Å². The molecular weight excluding hydrogens is 342 g/mol. The molecule has 1 aromatic carbocycles. The maximum Gasteiger partial charge on any atom is 0.246 e. The van der Waals surface area contributed by atoms with Gasteiger partial charge in [-0.1, -0.05) is 45.2 Å². The number of rotatable bonds is 5. The van der Waals surface area contributed by atoms with Gasteiger partial charge in [-0.05, 0) is 37.1 Å². The Morgan fingerprint density at radius 2 is 1.85 bits per heavy atom. The molecule has 1 aliphatic rings. The molecule has 1 aromatic heterocycles. The van der Waals surface area contributed by atoms with Crippen molar-refractivity contribution in [2.75, 3.05) is 7.11 Å². The molecule has 3 rings (SSSR count). The molecule has 1 fully saturated rings. The second kappa shape index (κ2) is 8.11. The Bertz CT molecular complexity index is 756. The van der Waals surface area contributed by atoms with Gasteiger partial charge in [-0.3, -0.25) is 4.79 Å². The third kappa shape index (κ3) is 4.67. The molecule has 6 nitrogen and oxygen atoms in total. The summed E-state index contributed by atoms with van der Waals surface area (Å²) < 4.78 is 10.7. The number of methoxy groups -OCH3 is 1. The highest BCUT2D eigenvalue weighted by Gasteiger charge is 2.33. The van der Waals surface area contributed by atoms with Crippen molar-refractivity contribution in [1.82, 2.24) is 15.0 Å². The van der Waals surface area contributed by atoms with Gasteiger partial charge in [-0.25, -0.2) is 0 Å². The number of carbonyl (C=O) groups excluding carboxylic acids is 1. The summed E-state index contributed by atoms with van der Waals surface area (Å²) in [6.07, 6.45) is 5.66. The molecule has 0 aliphatic heterocycles. The molecule has 0 radical (unpaired) electrons. The second-order valence-corrected chi connectivity index (χ2v) is 8.22. The third-order valence-electron chi connectivity index (χ3n) is 5.04. The SMILES string of the molecule is COc1ccc(-c2noc(CN(C(=O)C(C)(C)C)C3CCCCC3)n2)cc1. The molecule has 1 heterocycles. The Balaban J connectivity index is 1.79. The lowest BCUT2D eigenvalue weighted by atomic mass is 9.89. The maximum atomic E-state index is 13.0. The van der Waals surface area contributed by atoms with E-state index in [1.807, 2.05) is 49.9 Å². The van der Waals surface area contributed by atoms with Crippen molar-refractivity contribution in [1.29, 1.82) is 0 Å². The zero-order chi connectivity index (χ0) is 19.4. The van der Waals surface area contributed by atoms with E-state index in [1.165, 1.54) is 19.3 Å². The molecule has 0 spiro atoms. The summed E-state index contributed by atoms with van der Waals surface area (Å²) in [5.74, 6) is 1.92. The van der Waals surface area contributed by atoms with Crippen molar-refractivity contribution < 1.29 is 14.1 Å². The van der Waals surface area contributed by atoms with Gasteiger partial charge in [0.25, 0.3) is 0 Å². The van der Waals surface area contributed by atoms with E-state index in [-0.39, 0.29) is 11.9 Å². The summed E-state index contributed by atoms with van der Waals surface area (Å²) in [7, 11) is 1.63. The molecular formula is C21H29N3O3. The fourth-order valence-electron chi connectivity index (χ4n) is 3.51. The average molecular weight is 371 g/mol. The normalized spacial score (nSPS) is 15.6. The van der Waals surface area contributed by atoms with Crippen molar-refractivity contribution in [3.05, 3.63) is 30.2 Å². The van der Waals surface area contributed by atoms with Crippen LogP contribution in [-0.4, -0.2) is 34.1 Å². The lowest BCUT2D eigenvalue weighted by Crippen LogP contribution is -2.46. The van der Waals surface area contributed by atoms with Gasteiger partial charge in [-0.15, -0.1) is 0 Å². The minimum Gasteiger partial charge on any atom is -0.497 e. The fraction of sp³-hybridized carbons (Fsp3) is 0.571. The zero-order valence-corrected chi connectivity index (χ0v) is 16.7. The smallest absolute Gasteiger partial charge is 0.246 e. The Labute approximate surface area is 160 Å². The molecule has 1 saturated carbocycles. The lowest BCUT2D eigenvalue weighted by molar-refractivity contribution is -0.143. The Morgan fingerprint density at radius 1 is 1.19 bits per heavy atom. The predicted octanol–water partition coefficient (Wildman–Crippen LogP) is 4.45. The van der Waals surface area contributed by atoms with Gasteiger partial charge in [0.2, 0.25) is 17.6 Å². The van der Waals surface area contributed by atoms with Crippen molar-refractivity contribution >= 4 is 5.91 Å². The number of carbonyl (C=O) groups is 1. The highest BCUT2D eigenvalue weighted by Crippen LogP contribution is 2.29. The summed E-state index contributed by atoms with van der Waals surface area (Å²) in [5, 5.41) is 4.10. The highest BCUT2D eigenvalue weighted by atomic mass is 16.5. The van der Waals surface area contributed by atoms with E-state index >= 15 is 0 Å². The minimum atomic E-state index is -0.434. The van der Waals surface area contributed by atoms with Gasteiger partial charge in [0.05, 0.1) is 7.11 Å². The number of hydrogen-bond acceptors (Lipinski definition) is 5. The van der Waals surface area contributed by atoms with Crippen LogP contribution in [-0.2, 0) is 11.3 Å². The van der Waals surface area contributed by atoms with E-state index < -0.39 is 5.41 Å². The largest absolute Gasteiger partial charge is 0.497 e. The van der Waals surface area contributed by atoms with E-state index in [0.29, 0.717) is 18.3 Å². The lowest BCUT2D eigenvalue weighted by Gasteiger charge is -2.37. The quantitative estimate of drug-likeness (QED) is 0.776. The van der Waals surface area contributed by atoms with Crippen LogP contribution in [0.1, 0.15) is 58.8 Å². The molecule has 6 heteroatoms.